The van der Waals surface area contributed by atoms with Crippen molar-refractivity contribution >= 4 is 27.8 Å². The molecule has 0 unspecified atom stereocenters. The first-order valence-electron chi connectivity index (χ1n) is 9.52. The number of aliphatic carboxylic acids is 1. The molecule has 1 aromatic carbocycles. The number of carbonyl (C=O) groups is 1. The highest BCUT2D eigenvalue weighted by atomic mass is 32.2. The molecule has 166 valence electrons. The summed E-state index contributed by atoms with van der Waals surface area (Å²) in [5.41, 5.74) is -2.51. The number of carboxylic acid groups (broad SMARTS) is 1. The highest BCUT2D eigenvalue weighted by Crippen LogP contribution is 2.54. The summed E-state index contributed by atoms with van der Waals surface area (Å²) in [4.78, 5) is 12.7. The van der Waals surface area contributed by atoms with Gasteiger partial charge in [-0.25, -0.2) is 8.42 Å². The molecule has 2 N–H and O–H groups in total. The van der Waals surface area contributed by atoms with Crippen molar-refractivity contribution in [1.82, 2.24) is 4.31 Å². The van der Waals surface area contributed by atoms with Crippen LogP contribution in [0.25, 0.3) is 0 Å². The molecule has 1 aromatic rings. The molecular weight excluding hydrogens is 426 g/mol. The minimum absolute atomic E-state index is 0.00821. The number of rotatable bonds is 5. The molecule has 7 nitrogen and oxygen atoms in total. The van der Waals surface area contributed by atoms with Crippen molar-refractivity contribution in [2.24, 2.45) is 5.41 Å². The molecule has 0 aromatic heterocycles. The summed E-state index contributed by atoms with van der Waals surface area (Å²) < 4.78 is 32.9. The summed E-state index contributed by atoms with van der Waals surface area (Å²) in [5, 5.41) is 19.0. The van der Waals surface area contributed by atoms with Crippen LogP contribution in [0.3, 0.4) is 0 Å². The van der Waals surface area contributed by atoms with Gasteiger partial charge in [0, 0.05) is 17.0 Å². The number of hydrogen-bond acceptors (Lipinski definition) is 6. The molecule has 0 aliphatic carbocycles. The fourth-order valence-electron chi connectivity index (χ4n) is 4.28. The topological polar surface area (TPSA) is 104 Å². The van der Waals surface area contributed by atoms with Crippen LogP contribution in [-0.2, 0) is 14.8 Å². The van der Waals surface area contributed by atoms with Gasteiger partial charge < -0.3 is 14.9 Å². The second-order valence-corrected chi connectivity index (χ2v) is 12.1. The van der Waals surface area contributed by atoms with Crippen molar-refractivity contribution < 1.29 is 28.2 Å². The van der Waals surface area contributed by atoms with E-state index in [9.17, 15) is 18.3 Å². The predicted molar refractivity (Wildman–Crippen MR) is 117 cm³/mol. The van der Waals surface area contributed by atoms with Gasteiger partial charge in [-0.15, -0.1) is 0 Å². The SMILES string of the molecule is CC(C)(C)[C@@]1(C(=O)O)N(S(=O)(=O)c2ccc(OCC#CCO)cc2)CCSC1(C)C. The molecule has 2 rings (SSSR count). The Bertz CT molecular complexity index is 938. The molecule has 0 saturated carbocycles. The van der Waals surface area contributed by atoms with Gasteiger partial charge >= 0.3 is 5.97 Å². The van der Waals surface area contributed by atoms with Crippen LogP contribution in [0, 0.1) is 17.3 Å². The third-order valence-corrected chi connectivity index (χ3v) is 8.63. The molecule has 0 bridgehead atoms. The third-order valence-electron chi connectivity index (χ3n) is 5.32. The fourth-order valence-corrected chi connectivity index (χ4v) is 7.96. The normalized spacial score (nSPS) is 22.1. The lowest BCUT2D eigenvalue weighted by Crippen LogP contribution is -2.75. The number of thioether (sulfide) groups is 1. The molecule has 0 amide bonds. The minimum atomic E-state index is -4.09. The molecule has 0 spiro atoms. The van der Waals surface area contributed by atoms with Crippen molar-refractivity contribution in [3.63, 3.8) is 0 Å². The van der Waals surface area contributed by atoms with Gasteiger partial charge in [0.25, 0.3) is 0 Å². The van der Waals surface area contributed by atoms with Crippen LogP contribution in [0.4, 0.5) is 0 Å². The summed E-state index contributed by atoms with van der Waals surface area (Å²) in [7, 11) is -4.09. The molecule has 1 saturated heterocycles. The van der Waals surface area contributed by atoms with E-state index in [1.165, 1.54) is 40.3 Å². The lowest BCUT2D eigenvalue weighted by Gasteiger charge is -2.58. The highest BCUT2D eigenvalue weighted by Gasteiger charge is 2.67. The fraction of sp³-hybridized carbons (Fsp3) is 0.571. The third kappa shape index (κ3) is 4.19. The van der Waals surface area contributed by atoms with E-state index in [1.54, 1.807) is 34.6 Å². The Hall–Kier alpha value is -1.73. The van der Waals surface area contributed by atoms with E-state index >= 15 is 0 Å². The smallest absolute Gasteiger partial charge is 0.327 e. The zero-order valence-corrected chi connectivity index (χ0v) is 19.6. The summed E-state index contributed by atoms with van der Waals surface area (Å²) in [6.45, 7) is 8.80. The molecular formula is C21H29NO6S2. The summed E-state index contributed by atoms with van der Waals surface area (Å²) >= 11 is 1.48. The number of aliphatic hydroxyl groups excluding tert-OH is 1. The van der Waals surface area contributed by atoms with Crippen molar-refractivity contribution in [2.75, 3.05) is 25.5 Å². The second kappa shape index (κ2) is 8.79. The van der Waals surface area contributed by atoms with Gasteiger partial charge in [0.05, 0.1) is 4.90 Å². The maximum atomic E-state index is 13.6. The molecule has 1 aliphatic heterocycles. The van der Waals surface area contributed by atoms with Crippen molar-refractivity contribution in [3.8, 4) is 17.6 Å². The van der Waals surface area contributed by atoms with E-state index in [0.29, 0.717) is 11.5 Å². The van der Waals surface area contributed by atoms with Gasteiger partial charge in [-0.1, -0.05) is 32.6 Å². The standard InChI is InChI=1S/C21H29NO6S2/c1-19(2,3)21(18(24)25)20(4,5)29-15-12-22(21)30(26,27)17-10-8-16(9-11-17)28-14-7-6-13-23/h8-11,23H,12-15H2,1-5H3,(H,24,25)/t21-/m1/s1. The zero-order valence-electron chi connectivity index (χ0n) is 17.9. The Kier molecular flexibility index (Phi) is 7.19. The monoisotopic (exact) mass is 455 g/mol. The van der Waals surface area contributed by atoms with Gasteiger partial charge in [0.2, 0.25) is 10.0 Å². The second-order valence-electron chi connectivity index (χ2n) is 8.47. The highest BCUT2D eigenvalue weighted by molar-refractivity contribution is 8.01. The first kappa shape index (κ1) is 24.5. The van der Waals surface area contributed by atoms with E-state index in [0.717, 1.165) is 0 Å². The van der Waals surface area contributed by atoms with E-state index in [4.69, 9.17) is 9.84 Å². The number of sulfonamides is 1. The molecule has 30 heavy (non-hydrogen) atoms. The van der Waals surface area contributed by atoms with E-state index in [2.05, 4.69) is 11.8 Å². The molecule has 1 heterocycles. The van der Waals surface area contributed by atoms with Crippen LogP contribution in [0.2, 0.25) is 0 Å². The van der Waals surface area contributed by atoms with E-state index in [-0.39, 0.29) is 24.7 Å². The Balaban J connectivity index is 2.50. The molecule has 1 atom stereocenters. The predicted octanol–water partition coefficient (Wildman–Crippen LogP) is 2.45. The molecule has 1 fully saturated rings. The first-order valence-corrected chi connectivity index (χ1v) is 11.9. The number of aliphatic hydroxyl groups is 1. The van der Waals surface area contributed by atoms with Gasteiger partial charge in [-0.05, 0) is 43.5 Å². The van der Waals surface area contributed by atoms with Crippen molar-refractivity contribution in [3.05, 3.63) is 24.3 Å². The van der Waals surface area contributed by atoms with Crippen LogP contribution < -0.4 is 4.74 Å². The van der Waals surface area contributed by atoms with E-state index in [1.807, 2.05) is 0 Å². The van der Waals surface area contributed by atoms with Crippen LogP contribution in [0.1, 0.15) is 34.6 Å². The van der Waals surface area contributed by atoms with Crippen molar-refractivity contribution in [1.29, 1.82) is 0 Å². The molecule has 0 radical (unpaired) electrons. The first-order chi connectivity index (χ1) is 13.8. The van der Waals surface area contributed by atoms with Crippen molar-refractivity contribution in [2.45, 2.75) is 49.8 Å². The largest absolute Gasteiger partial charge is 0.481 e. The Morgan fingerprint density at radius 3 is 2.33 bits per heavy atom. The molecule has 1 aliphatic rings. The number of benzene rings is 1. The average molecular weight is 456 g/mol. The summed E-state index contributed by atoms with van der Waals surface area (Å²) in [6.07, 6.45) is 0. The molecule has 9 heteroatoms. The van der Waals surface area contributed by atoms with Gasteiger partial charge in [-0.3, -0.25) is 4.79 Å². The zero-order chi connectivity index (χ0) is 22.8. The maximum Gasteiger partial charge on any atom is 0.327 e. The van der Waals surface area contributed by atoms with Crippen LogP contribution in [0.5, 0.6) is 5.75 Å². The number of ether oxygens (including phenoxy) is 1. The summed E-state index contributed by atoms with van der Waals surface area (Å²) in [5.74, 6) is 4.85. The lowest BCUT2D eigenvalue weighted by atomic mass is 9.66. The number of carboxylic acids is 1. The van der Waals surface area contributed by atoms with E-state index < -0.39 is 31.7 Å². The minimum Gasteiger partial charge on any atom is -0.481 e. The summed E-state index contributed by atoms with van der Waals surface area (Å²) in [6, 6.07) is 5.84. The number of hydrogen-bond donors (Lipinski definition) is 2. The van der Waals surface area contributed by atoms with Crippen LogP contribution in [0.15, 0.2) is 29.2 Å². The maximum absolute atomic E-state index is 13.6. The lowest BCUT2D eigenvalue weighted by molar-refractivity contribution is -0.158. The Labute approximate surface area is 182 Å². The number of nitrogens with zero attached hydrogens (tertiary/aromatic N) is 1. The van der Waals surface area contributed by atoms with Gasteiger partial charge in [0.1, 0.15) is 19.0 Å². The quantitative estimate of drug-likeness (QED) is 0.657. The van der Waals surface area contributed by atoms with Gasteiger partial charge in [0.15, 0.2) is 5.54 Å². The Morgan fingerprint density at radius 1 is 1.23 bits per heavy atom. The average Bonchev–Trinajstić information content (AvgIpc) is 2.63. The Morgan fingerprint density at radius 2 is 1.83 bits per heavy atom. The van der Waals surface area contributed by atoms with Crippen LogP contribution >= 0.6 is 11.8 Å². The van der Waals surface area contributed by atoms with Gasteiger partial charge in [-0.2, -0.15) is 16.1 Å². The van der Waals surface area contributed by atoms with Crippen LogP contribution in [-0.4, -0.2) is 64.7 Å².